The summed E-state index contributed by atoms with van der Waals surface area (Å²) in [5.41, 5.74) is 2.31. The molecule has 18 heavy (non-hydrogen) atoms. The summed E-state index contributed by atoms with van der Waals surface area (Å²) in [6.45, 7) is 4.52. The molecule has 2 saturated heterocycles. The summed E-state index contributed by atoms with van der Waals surface area (Å²) in [5.74, 6) is -0.275. The minimum Gasteiger partial charge on any atom is -0.465 e. The molecule has 4 heteroatoms. The molecule has 2 aliphatic rings. The molecular weight excluding hydrogens is 228 g/mol. The Morgan fingerprint density at radius 3 is 2.56 bits per heavy atom. The Morgan fingerprint density at radius 1 is 1.33 bits per heavy atom. The summed E-state index contributed by atoms with van der Waals surface area (Å²) >= 11 is 0. The van der Waals surface area contributed by atoms with Gasteiger partial charge >= 0.3 is 5.97 Å². The van der Waals surface area contributed by atoms with E-state index in [0.29, 0.717) is 11.0 Å². The van der Waals surface area contributed by atoms with Crippen molar-refractivity contribution in [1.29, 1.82) is 0 Å². The van der Waals surface area contributed by atoms with Crippen molar-refractivity contribution in [2.75, 3.05) is 38.2 Å². The first-order valence-electron chi connectivity index (χ1n) is 6.37. The van der Waals surface area contributed by atoms with Gasteiger partial charge in [-0.15, -0.1) is 0 Å². The maximum atomic E-state index is 11.4. The smallest absolute Gasteiger partial charge is 0.337 e. The van der Waals surface area contributed by atoms with Gasteiger partial charge in [0.05, 0.1) is 12.7 Å². The molecule has 1 aromatic carbocycles. The molecule has 2 heterocycles. The van der Waals surface area contributed by atoms with E-state index in [1.165, 1.54) is 19.2 Å². The van der Waals surface area contributed by atoms with E-state index in [9.17, 15) is 4.79 Å². The second-order valence-corrected chi connectivity index (χ2v) is 5.31. The SMILES string of the molecule is COC(=O)c1ccc(N2CCC3(CNC3)C2)cc1. The molecule has 0 amide bonds. The quantitative estimate of drug-likeness (QED) is 0.798. The molecule has 0 aliphatic carbocycles. The molecule has 0 saturated carbocycles. The van der Waals surface area contributed by atoms with E-state index in [4.69, 9.17) is 4.74 Å². The Labute approximate surface area is 107 Å². The molecule has 2 fully saturated rings. The lowest BCUT2D eigenvalue weighted by molar-refractivity contribution is 0.0601. The second kappa shape index (κ2) is 4.28. The van der Waals surface area contributed by atoms with Crippen LogP contribution in [0.4, 0.5) is 5.69 Å². The minimum absolute atomic E-state index is 0.275. The van der Waals surface area contributed by atoms with Crippen molar-refractivity contribution in [2.24, 2.45) is 5.41 Å². The molecular formula is C14H18N2O2. The highest BCUT2D eigenvalue weighted by molar-refractivity contribution is 5.89. The molecule has 0 atom stereocenters. The van der Waals surface area contributed by atoms with Gasteiger partial charge in [0, 0.05) is 37.3 Å². The number of nitrogens with zero attached hydrogens (tertiary/aromatic N) is 1. The van der Waals surface area contributed by atoms with Gasteiger partial charge in [0.15, 0.2) is 0 Å². The fourth-order valence-electron chi connectivity index (χ4n) is 2.85. The van der Waals surface area contributed by atoms with Crippen LogP contribution in [0.25, 0.3) is 0 Å². The number of anilines is 1. The number of carbonyl (C=O) groups is 1. The molecule has 1 N–H and O–H groups in total. The zero-order valence-corrected chi connectivity index (χ0v) is 10.6. The Hall–Kier alpha value is -1.55. The van der Waals surface area contributed by atoms with E-state index in [1.807, 2.05) is 24.3 Å². The van der Waals surface area contributed by atoms with Crippen molar-refractivity contribution >= 4 is 11.7 Å². The van der Waals surface area contributed by atoms with Gasteiger partial charge in [-0.2, -0.15) is 0 Å². The fourth-order valence-corrected chi connectivity index (χ4v) is 2.85. The fraction of sp³-hybridized carbons (Fsp3) is 0.500. The van der Waals surface area contributed by atoms with Crippen LogP contribution < -0.4 is 10.2 Å². The standard InChI is InChI=1S/C14H18N2O2/c1-18-13(17)11-2-4-12(5-3-11)16-7-6-14(10-16)8-15-9-14/h2-5,15H,6-10H2,1H3. The molecule has 96 valence electrons. The van der Waals surface area contributed by atoms with E-state index in [0.717, 1.165) is 26.2 Å². The zero-order chi connectivity index (χ0) is 12.6. The molecule has 0 unspecified atom stereocenters. The maximum absolute atomic E-state index is 11.4. The van der Waals surface area contributed by atoms with Gasteiger partial charge in [-0.25, -0.2) is 4.79 Å². The topological polar surface area (TPSA) is 41.6 Å². The number of carbonyl (C=O) groups excluding carboxylic acids is 1. The number of hydrogen-bond acceptors (Lipinski definition) is 4. The maximum Gasteiger partial charge on any atom is 0.337 e. The van der Waals surface area contributed by atoms with Gasteiger partial charge < -0.3 is 15.0 Å². The molecule has 1 aromatic rings. The lowest BCUT2D eigenvalue weighted by Crippen LogP contribution is -2.54. The molecule has 3 rings (SSSR count). The third-order valence-electron chi connectivity index (χ3n) is 4.09. The van der Waals surface area contributed by atoms with Crippen molar-refractivity contribution in [2.45, 2.75) is 6.42 Å². The van der Waals surface area contributed by atoms with Crippen LogP contribution >= 0.6 is 0 Å². The molecule has 4 nitrogen and oxygen atoms in total. The zero-order valence-electron chi connectivity index (χ0n) is 10.6. The summed E-state index contributed by atoms with van der Waals surface area (Å²) < 4.78 is 4.70. The van der Waals surface area contributed by atoms with Crippen LogP contribution in [0.5, 0.6) is 0 Å². The van der Waals surface area contributed by atoms with Crippen molar-refractivity contribution in [3.63, 3.8) is 0 Å². The number of hydrogen-bond donors (Lipinski definition) is 1. The third-order valence-corrected chi connectivity index (χ3v) is 4.09. The molecule has 0 radical (unpaired) electrons. The predicted molar refractivity (Wildman–Crippen MR) is 69.9 cm³/mol. The Bertz CT molecular complexity index is 451. The third kappa shape index (κ3) is 1.86. The summed E-state index contributed by atoms with van der Waals surface area (Å²) in [6, 6.07) is 7.70. The number of ether oxygens (including phenoxy) is 1. The Balaban J connectivity index is 1.72. The van der Waals surface area contributed by atoms with Gasteiger partial charge in [0.25, 0.3) is 0 Å². The van der Waals surface area contributed by atoms with Crippen LogP contribution in [0.3, 0.4) is 0 Å². The van der Waals surface area contributed by atoms with Gasteiger partial charge in [-0.1, -0.05) is 0 Å². The normalized spacial score (nSPS) is 20.8. The first-order chi connectivity index (χ1) is 8.72. The highest BCUT2D eigenvalue weighted by atomic mass is 16.5. The summed E-state index contributed by atoms with van der Waals surface area (Å²) in [6.07, 6.45) is 1.26. The number of rotatable bonds is 2. The summed E-state index contributed by atoms with van der Waals surface area (Å²) in [5, 5.41) is 3.36. The van der Waals surface area contributed by atoms with Crippen LogP contribution in [-0.2, 0) is 4.74 Å². The largest absolute Gasteiger partial charge is 0.465 e. The van der Waals surface area contributed by atoms with Crippen LogP contribution in [0.1, 0.15) is 16.8 Å². The van der Waals surface area contributed by atoms with Crippen LogP contribution in [0, 0.1) is 5.41 Å². The number of benzene rings is 1. The van der Waals surface area contributed by atoms with Crippen molar-refractivity contribution in [3.05, 3.63) is 29.8 Å². The lowest BCUT2D eigenvalue weighted by atomic mass is 9.81. The first kappa shape index (κ1) is 11.5. The number of esters is 1. The van der Waals surface area contributed by atoms with Crippen LogP contribution in [0.15, 0.2) is 24.3 Å². The number of methoxy groups -OCH3 is 1. The van der Waals surface area contributed by atoms with Crippen LogP contribution in [0.2, 0.25) is 0 Å². The summed E-state index contributed by atoms with van der Waals surface area (Å²) in [7, 11) is 1.41. The van der Waals surface area contributed by atoms with Gasteiger partial charge in [0.1, 0.15) is 0 Å². The first-order valence-corrected chi connectivity index (χ1v) is 6.37. The van der Waals surface area contributed by atoms with Crippen molar-refractivity contribution < 1.29 is 9.53 Å². The Kier molecular flexibility index (Phi) is 2.74. The predicted octanol–water partition coefficient (Wildman–Crippen LogP) is 1.27. The average Bonchev–Trinajstić information content (AvgIpc) is 2.83. The van der Waals surface area contributed by atoms with Gasteiger partial charge in [-0.05, 0) is 30.7 Å². The monoisotopic (exact) mass is 246 g/mol. The van der Waals surface area contributed by atoms with Gasteiger partial charge in [-0.3, -0.25) is 0 Å². The van der Waals surface area contributed by atoms with E-state index < -0.39 is 0 Å². The van der Waals surface area contributed by atoms with E-state index >= 15 is 0 Å². The van der Waals surface area contributed by atoms with Crippen molar-refractivity contribution in [1.82, 2.24) is 5.32 Å². The van der Waals surface area contributed by atoms with Crippen LogP contribution in [-0.4, -0.2) is 39.3 Å². The minimum atomic E-state index is -0.275. The van der Waals surface area contributed by atoms with E-state index in [2.05, 4.69) is 10.2 Å². The molecule has 0 aromatic heterocycles. The van der Waals surface area contributed by atoms with E-state index in [1.54, 1.807) is 0 Å². The summed E-state index contributed by atoms with van der Waals surface area (Å²) in [4.78, 5) is 13.8. The van der Waals surface area contributed by atoms with E-state index in [-0.39, 0.29) is 5.97 Å². The Morgan fingerprint density at radius 2 is 2.06 bits per heavy atom. The molecule has 2 aliphatic heterocycles. The molecule has 1 spiro atoms. The number of nitrogens with one attached hydrogen (secondary N) is 1. The average molecular weight is 246 g/mol. The second-order valence-electron chi connectivity index (χ2n) is 5.31. The lowest BCUT2D eigenvalue weighted by Gasteiger charge is -2.39. The molecule has 0 bridgehead atoms. The highest BCUT2D eigenvalue weighted by Gasteiger charge is 2.42. The van der Waals surface area contributed by atoms with Gasteiger partial charge in [0.2, 0.25) is 0 Å². The van der Waals surface area contributed by atoms with Crippen molar-refractivity contribution in [3.8, 4) is 0 Å². The highest BCUT2D eigenvalue weighted by Crippen LogP contribution is 2.36.